The summed E-state index contributed by atoms with van der Waals surface area (Å²) in [5.41, 5.74) is -0.820. The largest absolute Gasteiger partial charge is 0.352 e. The second-order valence-corrected chi connectivity index (χ2v) is 5.23. The smallest absolute Gasteiger partial charge is 0.281 e. The van der Waals surface area contributed by atoms with Gasteiger partial charge in [-0.05, 0) is 19.1 Å². The van der Waals surface area contributed by atoms with Gasteiger partial charge < -0.3 is 5.32 Å². The maximum atomic E-state index is 12.3. The number of halogens is 1. The molecule has 7 nitrogen and oxygen atoms in total. The van der Waals surface area contributed by atoms with Gasteiger partial charge in [-0.3, -0.25) is 24.5 Å². The normalized spacial score (nSPS) is 21.8. The molecule has 1 aromatic carbocycles. The first-order valence-electron chi connectivity index (χ1n) is 6.12. The number of hydrogen-bond acceptors (Lipinski definition) is 5. The summed E-state index contributed by atoms with van der Waals surface area (Å²) >= 11 is 5.67. The number of benzene rings is 1. The van der Waals surface area contributed by atoms with Crippen LogP contribution in [0.1, 0.15) is 23.7 Å². The van der Waals surface area contributed by atoms with Crippen LogP contribution in [0.4, 0.5) is 5.69 Å². The van der Waals surface area contributed by atoms with E-state index >= 15 is 0 Å². The highest BCUT2D eigenvalue weighted by Crippen LogP contribution is 2.27. The number of hydrogen-bond donors (Lipinski definition) is 1. The van der Waals surface area contributed by atoms with E-state index in [9.17, 15) is 24.5 Å². The molecule has 0 bridgehead atoms. The molecule has 0 saturated carbocycles. The molecular formula is C13H11ClN2O5. The molecule has 8 heteroatoms. The van der Waals surface area contributed by atoms with Crippen LogP contribution in [0.2, 0.25) is 5.02 Å². The van der Waals surface area contributed by atoms with E-state index in [-0.39, 0.29) is 23.0 Å². The van der Waals surface area contributed by atoms with Crippen molar-refractivity contribution in [2.45, 2.75) is 19.4 Å². The summed E-state index contributed by atoms with van der Waals surface area (Å²) in [6, 6.07) is 3.12. The summed E-state index contributed by atoms with van der Waals surface area (Å²) in [6.45, 7) is 1.64. The Hall–Kier alpha value is -2.28. The van der Waals surface area contributed by atoms with Gasteiger partial charge in [-0.15, -0.1) is 0 Å². The summed E-state index contributed by atoms with van der Waals surface area (Å²) < 4.78 is 0. The number of nitro groups is 1. The van der Waals surface area contributed by atoms with Crippen LogP contribution in [-0.2, 0) is 9.59 Å². The molecule has 1 aliphatic rings. The van der Waals surface area contributed by atoms with Crippen molar-refractivity contribution in [2.75, 3.05) is 0 Å². The highest BCUT2D eigenvalue weighted by atomic mass is 35.5. The fraction of sp³-hybridized carbons (Fsp3) is 0.308. The zero-order valence-corrected chi connectivity index (χ0v) is 11.7. The van der Waals surface area contributed by atoms with Gasteiger partial charge in [0.05, 0.1) is 10.5 Å². The summed E-state index contributed by atoms with van der Waals surface area (Å²) in [5, 5.41) is 13.6. The Kier molecular flexibility index (Phi) is 4.04. The number of nitro benzene ring substituents is 1. The molecular weight excluding hydrogens is 300 g/mol. The number of nitrogens with zero attached hydrogens (tertiary/aromatic N) is 1. The minimum Gasteiger partial charge on any atom is -0.352 e. The van der Waals surface area contributed by atoms with Gasteiger partial charge in [0, 0.05) is 23.6 Å². The lowest BCUT2D eigenvalue weighted by molar-refractivity contribution is -0.385. The summed E-state index contributed by atoms with van der Waals surface area (Å²) in [4.78, 5) is 46.3. The van der Waals surface area contributed by atoms with Crippen molar-refractivity contribution >= 4 is 34.8 Å². The van der Waals surface area contributed by atoms with Gasteiger partial charge in [0.2, 0.25) is 5.91 Å². The Balaban J connectivity index is 2.43. The Morgan fingerprint density at radius 1 is 1.43 bits per heavy atom. The second kappa shape index (κ2) is 5.61. The molecule has 2 rings (SSSR count). The summed E-state index contributed by atoms with van der Waals surface area (Å²) in [7, 11) is 0. The van der Waals surface area contributed by atoms with Crippen molar-refractivity contribution in [2.24, 2.45) is 5.92 Å². The van der Waals surface area contributed by atoms with Crippen LogP contribution in [0.25, 0.3) is 0 Å². The molecule has 1 N–H and O–H groups in total. The number of nitrogens with one attached hydrogen (secondary N) is 1. The first-order chi connectivity index (χ1) is 9.81. The maximum absolute atomic E-state index is 12.3. The van der Waals surface area contributed by atoms with Gasteiger partial charge in [-0.25, -0.2) is 0 Å². The van der Waals surface area contributed by atoms with Gasteiger partial charge in [0.15, 0.2) is 17.5 Å². The van der Waals surface area contributed by atoms with Crippen molar-refractivity contribution in [3.63, 3.8) is 0 Å². The number of Topliss-reactive ketones (excluding diaryl/α,β-unsaturated/α-hetero) is 2. The van der Waals surface area contributed by atoms with Gasteiger partial charge >= 0.3 is 0 Å². The van der Waals surface area contributed by atoms with Gasteiger partial charge in [0.25, 0.3) is 5.69 Å². The number of carbonyl (C=O) groups excluding carboxylic acids is 3. The molecule has 1 aliphatic heterocycles. The third-order valence-electron chi connectivity index (χ3n) is 3.16. The van der Waals surface area contributed by atoms with Crippen LogP contribution in [-0.4, -0.2) is 28.4 Å². The molecule has 1 saturated heterocycles. The van der Waals surface area contributed by atoms with Gasteiger partial charge in [-0.2, -0.15) is 0 Å². The lowest BCUT2D eigenvalue weighted by Crippen LogP contribution is -2.50. The first-order valence-corrected chi connectivity index (χ1v) is 6.50. The number of amides is 1. The van der Waals surface area contributed by atoms with E-state index in [1.54, 1.807) is 6.92 Å². The third kappa shape index (κ3) is 2.92. The van der Waals surface area contributed by atoms with Crippen molar-refractivity contribution in [1.29, 1.82) is 0 Å². The number of ketones is 2. The summed E-state index contributed by atoms with van der Waals surface area (Å²) in [6.07, 6.45) is 0.0174. The quantitative estimate of drug-likeness (QED) is 0.394. The average molecular weight is 311 g/mol. The van der Waals surface area contributed by atoms with Crippen LogP contribution >= 0.6 is 11.6 Å². The van der Waals surface area contributed by atoms with Crippen LogP contribution in [0, 0.1) is 16.0 Å². The zero-order chi connectivity index (χ0) is 15.7. The highest BCUT2D eigenvalue weighted by molar-refractivity contribution is 6.31. The molecule has 2 atom stereocenters. The number of piperidine rings is 1. The third-order valence-corrected chi connectivity index (χ3v) is 3.40. The van der Waals surface area contributed by atoms with E-state index in [1.807, 2.05) is 0 Å². The SMILES string of the molecule is CC1CC(=O)C(C(=O)c2ccc(Cl)cc2[N+](=O)[O-])C(=O)N1. The molecule has 1 heterocycles. The Labute approximate surface area is 124 Å². The predicted molar refractivity (Wildman–Crippen MR) is 73.2 cm³/mol. The first kappa shape index (κ1) is 15.1. The van der Waals surface area contributed by atoms with Crippen molar-refractivity contribution in [3.8, 4) is 0 Å². The fourth-order valence-corrected chi connectivity index (χ4v) is 2.39. The zero-order valence-electron chi connectivity index (χ0n) is 11.0. The van der Waals surface area contributed by atoms with Crippen molar-refractivity contribution < 1.29 is 19.3 Å². The monoisotopic (exact) mass is 310 g/mol. The van der Waals surface area contributed by atoms with E-state index in [0.29, 0.717) is 0 Å². The molecule has 1 fully saturated rings. The van der Waals surface area contributed by atoms with E-state index < -0.39 is 34.0 Å². The fourth-order valence-electron chi connectivity index (χ4n) is 2.23. The van der Waals surface area contributed by atoms with Crippen molar-refractivity contribution in [1.82, 2.24) is 5.32 Å². The lowest BCUT2D eigenvalue weighted by atomic mass is 9.86. The molecule has 21 heavy (non-hydrogen) atoms. The Bertz CT molecular complexity index is 640. The minimum absolute atomic E-state index is 0.0174. The minimum atomic E-state index is -1.54. The van der Waals surface area contributed by atoms with Crippen LogP contribution in [0.3, 0.4) is 0 Å². The molecule has 0 aliphatic carbocycles. The predicted octanol–water partition coefficient (Wildman–Crippen LogP) is 1.52. The topological polar surface area (TPSA) is 106 Å². The lowest BCUT2D eigenvalue weighted by Gasteiger charge is -2.24. The Morgan fingerprint density at radius 3 is 2.67 bits per heavy atom. The second-order valence-electron chi connectivity index (χ2n) is 4.80. The number of carbonyl (C=O) groups is 3. The molecule has 110 valence electrons. The van der Waals surface area contributed by atoms with E-state index in [2.05, 4.69) is 5.32 Å². The average Bonchev–Trinajstić information content (AvgIpc) is 2.36. The molecule has 2 unspecified atom stereocenters. The van der Waals surface area contributed by atoms with Crippen LogP contribution in [0.15, 0.2) is 18.2 Å². The van der Waals surface area contributed by atoms with E-state index in [1.165, 1.54) is 6.07 Å². The Morgan fingerprint density at radius 2 is 2.10 bits per heavy atom. The molecule has 1 amide bonds. The van der Waals surface area contributed by atoms with Crippen molar-refractivity contribution in [3.05, 3.63) is 38.9 Å². The highest BCUT2D eigenvalue weighted by Gasteiger charge is 2.41. The van der Waals surface area contributed by atoms with Gasteiger partial charge in [0.1, 0.15) is 0 Å². The molecule has 0 spiro atoms. The maximum Gasteiger partial charge on any atom is 0.281 e. The summed E-state index contributed by atoms with van der Waals surface area (Å²) in [5.74, 6) is -3.69. The number of rotatable bonds is 3. The molecule has 1 aromatic rings. The van der Waals surface area contributed by atoms with Crippen LogP contribution < -0.4 is 5.32 Å². The van der Waals surface area contributed by atoms with Gasteiger partial charge in [-0.1, -0.05) is 11.6 Å². The molecule has 0 aromatic heterocycles. The molecule has 0 radical (unpaired) electrons. The standard InChI is InChI=1S/C13H11ClN2O5/c1-6-4-10(17)11(13(19)15-6)12(18)8-3-2-7(14)5-9(8)16(20)21/h2-3,5-6,11H,4H2,1H3,(H,15,19). The van der Waals surface area contributed by atoms with Crippen LogP contribution in [0.5, 0.6) is 0 Å². The van der Waals surface area contributed by atoms with E-state index in [0.717, 1.165) is 12.1 Å². The van der Waals surface area contributed by atoms with E-state index in [4.69, 9.17) is 11.6 Å².